The predicted molar refractivity (Wildman–Crippen MR) is 124 cm³/mol. The van der Waals surface area contributed by atoms with Gasteiger partial charge in [-0.05, 0) is 29.8 Å². The minimum atomic E-state index is -0.0104. The number of halogens is 2. The summed E-state index contributed by atoms with van der Waals surface area (Å²) in [6.07, 6.45) is 4.97. The fourth-order valence-electron chi connectivity index (χ4n) is 3.52. The molecule has 0 N–H and O–H groups in total. The van der Waals surface area contributed by atoms with Crippen LogP contribution >= 0.6 is 31.9 Å². The van der Waals surface area contributed by atoms with E-state index >= 15 is 0 Å². The summed E-state index contributed by atoms with van der Waals surface area (Å²) < 4.78 is 2.08. The molecule has 0 fully saturated rings. The van der Waals surface area contributed by atoms with Crippen LogP contribution in [0, 0.1) is 0 Å². The normalized spacial score (nSPS) is 14.7. The molecule has 4 rings (SSSR count). The van der Waals surface area contributed by atoms with Crippen LogP contribution in [0.2, 0.25) is 0 Å². The maximum absolute atomic E-state index is 4.83. The highest BCUT2D eigenvalue weighted by Gasteiger charge is 2.23. The van der Waals surface area contributed by atoms with Gasteiger partial charge in [0.2, 0.25) is 0 Å². The van der Waals surface area contributed by atoms with Gasteiger partial charge in [0, 0.05) is 69.6 Å². The molecule has 0 bridgehead atoms. The predicted octanol–water partition coefficient (Wildman–Crippen LogP) is 5.92. The fraction of sp³-hybridized carbons (Fsp3) is 0.348. The number of nitrogens with zero attached hydrogens (tertiary/aromatic N) is 4. The quantitative estimate of drug-likeness (QED) is 0.434. The number of benzene rings is 1. The molecule has 0 unspecified atom stereocenters. The Hall–Kier alpha value is -1.63. The van der Waals surface area contributed by atoms with Gasteiger partial charge in [0.1, 0.15) is 5.82 Å². The van der Waals surface area contributed by atoms with Crippen LogP contribution in [0.5, 0.6) is 0 Å². The van der Waals surface area contributed by atoms with Crippen molar-refractivity contribution in [1.82, 2.24) is 19.9 Å². The van der Waals surface area contributed by atoms with Crippen LogP contribution in [-0.4, -0.2) is 26.4 Å². The lowest BCUT2D eigenvalue weighted by molar-refractivity contribution is 0.242. The third-order valence-electron chi connectivity index (χ3n) is 5.07. The van der Waals surface area contributed by atoms with Crippen molar-refractivity contribution in [1.29, 1.82) is 0 Å². The molecule has 1 aliphatic rings. The zero-order valence-corrected chi connectivity index (χ0v) is 20.1. The van der Waals surface area contributed by atoms with Crippen molar-refractivity contribution in [3.8, 4) is 11.3 Å². The van der Waals surface area contributed by atoms with E-state index < -0.39 is 0 Å². The van der Waals surface area contributed by atoms with E-state index in [-0.39, 0.29) is 5.41 Å². The molecule has 0 saturated carbocycles. The molecule has 4 nitrogen and oxygen atoms in total. The van der Waals surface area contributed by atoms with Crippen LogP contribution in [0.25, 0.3) is 11.3 Å². The zero-order chi connectivity index (χ0) is 20.6. The van der Waals surface area contributed by atoms with Crippen molar-refractivity contribution in [3.05, 3.63) is 74.3 Å². The van der Waals surface area contributed by atoms with Crippen LogP contribution in [-0.2, 0) is 24.9 Å². The molecule has 1 aromatic carbocycles. The lowest BCUT2D eigenvalue weighted by Gasteiger charge is -2.29. The monoisotopic (exact) mass is 514 g/mol. The number of pyridine rings is 1. The first-order chi connectivity index (χ1) is 13.8. The summed E-state index contributed by atoms with van der Waals surface area (Å²) in [5.74, 6) is 0.934. The van der Waals surface area contributed by atoms with Gasteiger partial charge in [0.25, 0.3) is 0 Å². The highest BCUT2D eigenvalue weighted by Crippen LogP contribution is 2.27. The molecular formula is C23H24Br2N4. The summed E-state index contributed by atoms with van der Waals surface area (Å²) in [7, 11) is 0. The summed E-state index contributed by atoms with van der Waals surface area (Å²) in [6, 6.07) is 10.5. The average molecular weight is 516 g/mol. The Morgan fingerprint density at radius 1 is 1.00 bits per heavy atom. The zero-order valence-electron chi connectivity index (χ0n) is 16.9. The second-order valence-corrected chi connectivity index (χ2v) is 10.4. The minimum absolute atomic E-state index is 0.0104. The summed E-state index contributed by atoms with van der Waals surface area (Å²) in [6.45, 7) is 9.26. The second-order valence-electron chi connectivity index (χ2n) is 8.59. The van der Waals surface area contributed by atoms with Crippen LogP contribution in [0.1, 0.15) is 43.4 Å². The summed E-state index contributed by atoms with van der Waals surface area (Å²) in [5, 5.41) is 0. The van der Waals surface area contributed by atoms with Gasteiger partial charge in [-0.25, -0.2) is 9.97 Å². The third-order valence-corrected chi connectivity index (χ3v) is 5.99. The van der Waals surface area contributed by atoms with E-state index in [9.17, 15) is 0 Å². The Kier molecular flexibility index (Phi) is 5.87. The van der Waals surface area contributed by atoms with Crippen molar-refractivity contribution >= 4 is 31.9 Å². The van der Waals surface area contributed by atoms with Gasteiger partial charge in [-0.15, -0.1) is 0 Å². The first-order valence-corrected chi connectivity index (χ1v) is 11.4. The molecule has 0 radical (unpaired) electrons. The van der Waals surface area contributed by atoms with Crippen molar-refractivity contribution in [2.75, 3.05) is 6.54 Å². The Balaban J connectivity index is 1.45. The topological polar surface area (TPSA) is 41.9 Å². The first-order valence-electron chi connectivity index (χ1n) is 9.77. The van der Waals surface area contributed by atoms with Crippen molar-refractivity contribution < 1.29 is 0 Å². The molecule has 1 aliphatic heterocycles. The second kappa shape index (κ2) is 8.25. The Morgan fingerprint density at radius 2 is 1.76 bits per heavy atom. The molecule has 150 valence electrons. The molecule has 0 amide bonds. The molecule has 6 heteroatoms. The van der Waals surface area contributed by atoms with E-state index in [2.05, 4.69) is 91.8 Å². The van der Waals surface area contributed by atoms with Gasteiger partial charge in [0.05, 0.1) is 5.69 Å². The SMILES string of the molecule is CC(C)(C)c1ncc2c(n1)CCN(Cc1ccc(-c3cc(Br)cc(Br)c3)nc1)C2. The van der Waals surface area contributed by atoms with Gasteiger partial charge in [-0.1, -0.05) is 58.7 Å². The number of hydrogen-bond donors (Lipinski definition) is 0. The molecule has 0 aliphatic carbocycles. The van der Waals surface area contributed by atoms with Crippen LogP contribution in [0.4, 0.5) is 0 Å². The third kappa shape index (κ3) is 4.93. The minimum Gasteiger partial charge on any atom is -0.294 e. The smallest absolute Gasteiger partial charge is 0.133 e. The lowest BCUT2D eigenvalue weighted by atomic mass is 9.95. The van der Waals surface area contributed by atoms with Gasteiger partial charge < -0.3 is 0 Å². The molecule has 29 heavy (non-hydrogen) atoms. The molecule has 0 atom stereocenters. The van der Waals surface area contributed by atoms with Crippen molar-refractivity contribution in [3.63, 3.8) is 0 Å². The van der Waals surface area contributed by atoms with Crippen LogP contribution in [0.3, 0.4) is 0 Å². The van der Waals surface area contributed by atoms with Crippen molar-refractivity contribution in [2.24, 2.45) is 0 Å². The standard InChI is InChI=1S/C23H24Br2N4/c1-23(2,3)22-27-12-17-14-29(7-6-21(17)28-22)13-15-4-5-20(26-11-15)16-8-18(24)10-19(25)9-16/h4-5,8-12H,6-7,13-14H2,1-3H3. The molecule has 3 heterocycles. The maximum atomic E-state index is 4.83. The maximum Gasteiger partial charge on any atom is 0.133 e. The van der Waals surface area contributed by atoms with E-state index in [1.165, 1.54) is 16.8 Å². The van der Waals surface area contributed by atoms with Crippen LogP contribution in [0.15, 0.2) is 51.7 Å². The molecule has 0 saturated heterocycles. The van der Waals surface area contributed by atoms with E-state index in [0.717, 1.165) is 52.1 Å². The lowest BCUT2D eigenvalue weighted by Crippen LogP contribution is -2.32. The fourth-order valence-corrected chi connectivity index (χ4v) is 4.81. The Labute approximate surface area is 189 Å². The first kappa shape index (κ1) is 20.6. The van der Waals surface area contributed by atoms with Gasteiger partial charge in [-0.2, -0.15) is 0 Å². The number of aromatic nitrogens is 3. The Bertz CT molecular complexity index is 1010. The molecular weight excluding hydrogens is 492 g/mol. The molecule has 3 aromatic rings. The van der Waals surface area contributed by atoms with Crippen molar-refractivity contribution in [2.45, 2.75) is 45.7 Å². The van der Waals surface area contributed by atoms with E-state index in [0.29, 0.717) is 0 Å². The van der Waals surface area contributed by atoms with Gasteiger partial charge in [-0.3, -0.25) is 9.88 Å². The summed E-state index contributed by atoms with van der Waals surface area (Å²) >= 11 is 7.09. The number of hydrogen-bond acceptors (Lipinski definition) is 4. The molecule has 2 aromatic heterocycles. The van der Waals surface area contributed by atoms with E-state index in [1.54, 1.807) is 0 Å². The summed E-state index contributed by atoms with van der Waals surface area (Å²) in [4.78, 5) is 16.6. The number of rotatable bonds is 3. The Morgan fingerprint density at radius 3 is 2.41 bits per heavy atom. The van der Waals surface area contributed by atoms with Crippen LogP contribution < -0.4 is 0 Å². The van der Waals surface area contributed by atoms with Gasteiger partial charge in [0.15, 0.2) is 0 Å². The average Bonchev–Trinajstić information content (AvgIpc) is 2.66. The summed E-state index contributed by atoms with van der Waals surface area (Å²) in [5.41, 5.74) is 5.73. The highest BCUT2D eigenvalue weighted by molar-refractivity contribution is 9.11. The van der Waals surface area contributed by atoms with E-state index in [4.69, 9.17) is 4.98 Å². The van der Waals surface area contributed by atoms with Gasteiger partial charge >= 0.3 is 0 Å². The van der Waals surface area contributed by atoms with E-state index in [1.807, 2.05) is 18.5 Å². The molecule has 0 spiro atoms. The largest absolute Gasteiger partial charge is 0.294 e. The highest BCUT2D eigenvalue weighted by atomic mass is 79.9. The number of fused-ring (bicyclic) bond motifs is 1.